The van der Waals surface area contributed by atoms with Crippen molar-refractivity contribution in [1.82, 2.24) is 5.32 Å². The zero-order chi connectivity index (χ0) is 15.4. The van der Waals surface area contributed by atoms with E-state index >= 15 is 0 Å². The molecule has 0 spiro atoms. The van der Waals surface area contributed by atoms with Crippen molar-refractivity contribution >= 4 is 5.91 Å². The third-order valence-corrected chi connectivity index (χ3v) is 4.48. The van der Waals surface area contributed by atoms with Crippen LogP contribution in [-0.4, -0.2) is 25.2 Å². The highest BCUT2D eigenvalue weighted by Crippen LogP contribution is 2.33. The van der Waals surface area contributed by atoms with Gasteiger partial charge in [0.1, 0.15) is 19.0 Å². The van der Waals surface area contributed by atoms with E-state index in [9.17, 15) is 4.79 Å². The lowest BCUT2D eigenvalue weighted by molar-refractivity contribution is -0.123. The molecular formula is C18H23NO3. The van der Waals surface area contributed by atoms with Crippen LogP contribution < -0.4 is 5.32 Å². The van der Waals surface area contributed by atoms with Crippen molar-refractivity contribution in [3.63, 3.8) is 0 Å². The number of hydrogen-bond acceptors (Lipinski definition) is 3. The van der Waals surface area contributed by atoms with Crippen LogP contribution in [0.25, 0.3) is 0 Å². The molecule has 1 heterocycles. The van der Waals surface area contributed by atoms with Gasteiger partial charge in [-0.3, -0.25) is 4.79 Å². The Hall–Kier alpha value is -1.97. The molecule has 1 aliphatic carbocycles. The Kier molecular flexibility index (Phi) is 4.66. The molecular weight excluding hydrogens is 278 g/mol. The Labute approximate surface area is 131 Å². The fourth-order valence-corrected chi connectivity index (χ4v) is 3.37. The summed E-state index contributed by atoms with van der Waals surface area (Å²) in [7, 11) is 0. The smallest absolute Gasteiger partial charge is 0.290 e. The zero-order valence-electron chi connectivity index (χ0n) is 13.0. The molecule has 2 atom stereocenters. The molecule has 4 heteroatoms. The molecule has 0 saturated heterocycles. The first-order valence-electron chi connectivity index (χ1n) is 8.08. The van der Waals surface area contributed by atoms with Gasteiger partial charge in [0.15, 0.2) is 0 Å². The van der Waals surface area contributed by atoms with Crippen LogP contribution in [0.4, 0.5) is 0 Å². The molecule has 1 fully saturated rings. The molecule has 3 rings (SSSR count). The number of carbonyl (C=O) groups excluding carboxylic acids is 1. The van der Waals surface area contributed by atoms with Crippen LogP contribution in [0.15, 0.2) is 41.9 Å². The number of ether oxygens (including phenoxy) is 2. The highest BCUT2D eigenvalue weighted by atomic mass is 16.6. The molecule has 22 heavy (non-hydrogen) atoms. The van der Waals surface area contributed by atoms with E-state index in [-0.39, 0.29) is 11.9 Å². The van der Waals surface area contributed by atoms with E-state index in [1.807, 2.05) is 6.07 Å². The summed E-state index contributed by atoms with van der Waals surface area (Å²) in [6.07, 6.45) is 4.50. The van der Waals surface area contributed by atoms with Crippen LogP contribution >= 0.6 is 0 Å². The van der Waals surface area contributed by atoms with Gasteiger partial charge in [-0.2, -0.15) is 0 Å². The highest BCUT2D eigenvalue weighted by molar-refractivity contribution is 5.92. The third-order valence-electron chi connectivity index (χ3n) is 4.48. The Morgan fingerprint density at radius 3 is 2.59 bits per heavy atom. The van der Waals surface area contributed by atoms with Crippen molar-refractivity contribution < 1.29 is 14.3 Å². The van der Waals surface area contributed by atoms with Crippen molar-refractivity contribution in [3.05, 3.63) is 47.4 Å². The van der Waals surface area contributed by atoms with E-state index < -0.39 is 0 Å². The van der Waals surface area contributed by atoms with E-state index in [0.29, 0.717) is 30.6 Å². The first kappa shape index (κ1) is 14.9. The van der Waals surface area contributed by atoms with Gasteiger partial charge in [-0.1, -0.05) is 43.2 Å². The lowest BCUT2D eigenvalue weighted by Gasteiger charge is -2.33. The van der Waals surface area contributed by atoms with Crippen molar-refractivity contribution in [2.45, 2.75) is 44.6 Å². The van der Waals surface area contributed by atoms with Crippen LogP contribution in [0, 0.1) is 0 Å². The second-order valence-corrected chi connectivity index (χ2v) is 5.96. The fourth-order valence-electron chi connectivity index (χ4n) is 3.37. The number of benzene rings is 1. The standard InChI is InChI=1S/C18H23NO3/c1-13-17(22-12-11-21-13)18(20)19-16-10-6-5-9-15(16)14-7-3-2-4-8-14/h2-4,7-8,15-16H,5-6,9-12H2,1H3,(H,19,20)/t15-,16+/m0/s1. The van der Waals surface area contributed by atoms with Gasteiger partial charge in [-0.25, -0.2) is 0 Å². The van der Waals surface area contributed by atoms with Gasteiger partial charge in [0, 0.05) is 12.0 Å². The number of nitrogens with one attached hydrogen (secondary N) is 1. The second-order valence-electron chi connectivity index (χ2n) is 5.96. The van der Waals surface area contributed by atoms with Crippen molar-refractivity contribution in [2.24, 2.45) is 0 Å². The van der Waals surface area contributed by atoms with Crippen LogP contribution in [0.3, 0.4) is 0 Å². The molecule has 1 aromatic rings. The summed E-state index contributed by atoms with van der Waals surface area (Å²) in [5, 5.41) is 3.17. The molecule has 0 bridgehead atoms. The average Bonchev–Trinajstić information content (AvgIpc) is 2.56. The van der Waals surface area contributed by atoms with Gasteiger partial charge in [0.25, 0.3) is 5.91 Å². The summed E-state index contributed by atoms with van der Waals surface area (Å²) in [5.41, 5.74) is 1.30. The highest BCUT2D eigenvalue weighted by Gasteiger charge is 2.30. The molecule has 0 radical (unpaired) electrons. The maximum Gasteiger partial charge on any atom is 0.290 e. The normalized spacial score (nSPS) is 25.1. The van der Waals surface area contributed by atoms with E-state index in [1.165, 1.54) is 12.0 Å². The zero-order valence-corrected chi connectivity index (χ0v) is 13.0. The van der Waals surface area contributed by atoms with E-state index in [4.69, 9.17) is 9.47 Å². The average molecular weight is 301 g/mol. The molecule has 1 aromatic carbocycles. The molecule has 1 amide bonds. The minimum absolute atomic E-state index is 0.148. The summed E-state index contributed by atoms with van der Waals surface area (Å²) in [4.78, 5) is 12.5. The predicted molar refractivity (Wildman–Crippen MR) is 84.2 cm³/mol. The summed E-state index contributed by atoms with van der Waals surface area (Å²) in [6, 6.07) is 10.6. The molecule has 4 nitrogen and oxygen atoms in total. The van der Waals surface area contributed by atoms with Crippen molar-refractivity contribution in [2.75, 3.05) is 13.2 Å². The Balaban J connectivity index is 1.73. The van der Waals surface area contributed by atoms with E-state index in [2.05, 4.69) is 29.6 Å². The van der Waals surface area contributed by atoms with Crippen molar-refractivity contribution in [1.29, 1.82) is 0 Å². The monoisotopic (exact) mass is 301 g/mol. The summed E-state index contributed by atoms with van der Waals surface area (Å²) in [5.74, 6) is 1.15. The molecule has 2 aliphatic rings. The largest absolute Gasteiger partial charge is 0.491 e. The molecule has 118 valence electrons. The molecule has 0 aromatic heterocycles. The topological polar surface area (TPSA) is 47.6 Å². The lowest BCUT2D eigenvalue weighted by Crippen LogP contribution is -2.42. The van der Waals surface area contributed by atoms with E-state index in [0.717, 1.165) is 19.3 Å². The van der Waals surface area contributed by atoms with Crippen LogP contribution in [0.5, 0.6) is 0 Å². The van der Waals surface area contributed by atoms with Crippen LogP contribution in [0.2, 0.25) is 0 Å². The Morgan fingerprint density at radius 1 is 1.09 bits per heavy atom. The number of allylic oxidation sites excluding steroid dienone is 1. The van der Waals surface area contributed by atoms with Crippen LogP contribution in [0.1, 0.15) is 44.1 Å². The first-order valence-corrected chi connectivity index (χ1v) is 8.08. The summed E-state index contributed by atoms with van der Waals surface area (Å²) < 4.78 is 10.9. The maximum atomic E-state index is 12.5. The molecule has 1 N–H and O–H groups in total. The lowest BCUT2D eigenvalue weighted by atomic mass is 9.80. The SMILES string of the molecule is CC1=C(C(=O)N[C@@H]2CCCC[C@H]2c2ccccc2)OCCO1. The number of amides is 1. The fraction of sp³-hybridized carbons (Fsp3) is 0.500. The Morgan fingerprint density at radius 2 is 1.82 bits per heavy atom. The van der Waals surface area contributed by atoms with Gasteiger partial charge in [-0.15, -0.1) is 0 Å². The van der Waals surface area contributed by atoms with Gasteiger partial charge in [0.2, 0.25) is 5.76 Å². The predicted octanol–water partition coefficient (Wildman–Crippen LogP) is 3.11. The van der Waals surface area contributed by atoms with Crippen molar-refractivity contribution in [3.8, 4) is 0 Å². The molecule has 1 saturated carbocycles. The molecule has 0 unspecified atom stereocenters. The number of hydrogen-bond donors (Lipinski definition) is 1. The number of carbonyl (C=O) groups is 1. The van der Waals surface area contributed by atoms with Gasteiger partial charge in [0.05, 0.1) is 0 Å². The van der Waals surface area contributed by atoms with Crippen LogP contribution in [-0.2, 0) is 14.3 Å². The van der Waals surface area contributed by atoms with Gasteiger partial charge >= 0.3 is 0 Å². The quantitative estimate of drug-likeness (QED) is 0.933. The second kappa shape index (κ2) is 6.86. The van der Waals surface area contributed by atoms with Gasteiger partial charge < -0.3 is 14.8 Å². The Bertz CT molecular complexity index is 553. The summed E-state index contributed by atoms with van der Waals surface area (Å²) in [6.45, 7) is 2.73. The van der Waals surface area contributed by atoms with E-state index in [1.54, 1.807) is 6.92 Å². The molecule has 1 aliphatic heterocycles. The maximum absolute atomic E-state index is 12.5. The van der Waals surface area contributed by atoms with Gasteiger partial charge in [-0.05, 0) is 25.3 Å². The minimum atomic E-state index is -0.148. The minimum Gasteiger partial charge on any atom is -0.491 e. The summed E-state index contributed by atoms with van der Waals surface area (Å²) >= 11 is 0. The first-order chi connectivity index (χ1) is 10.8. The number of rotatable bonds is 3. The third kappa shape index (κ3) is 3.26.